The van der Waals surface area contributed by atoms with Gasteiger partial charge in [-0.15, -0.1) is 11.8 Å². The van der Waals surface area contributed by atoms with Crippen molar-refractivity contribution in [3.8, 4) is 0 Å². The summed E-state index contributed by atoms with van der Waals surface area (Å²) in [6.45, 7) is 6.37. The maximum absolute atomic E-state index is 5.72. The van der Waals surface area contributed by atoms with Crippen molar-refractivity contribution in [1.29, 1.82) is 0 Å². The highest BCUT2D eigenvalue weighted by atomic mass is 32.2. The van der Waals surface area contributed by atoms with E-state index in [9.17, 15) is 0 Å². The molecule has 78 valence electrons. The van der Waals surface area contributed by atoms with E-state index < -0.39 is 0 Å². The second-order valence-electron chi connectivity index (χ2n) is 3.54. The van der Waals surface area contributed by atoms with Gasteiger partial charge in [-0.1, -0.05) is 13.8 Å². The molecule has 0 aliphatic carbocycles. The quantitative estimate of drug-likeness (QED) is 0.776. The molecule has 0 spiro atoms. The van der Waals surface area contributed by atoms with Crippen LogP contribution >= 0.6 is 11.8 Å². The van der Waals surface area contributed by atoms with Gasteiger partial charge in [0.25, 0.3) is 0 Å². The minimum Gasteiger partial charge on any atom is -0.323 e. The zero-order valence-electron chi connectivity index (χ0n) is 9.03. The number of pyridine rings is 1. The first-order chi connectivity index (χ1) is 6.63. The second-order valence-corrected chi connectivity index (χ2v) is 5.06. The third kappa shape index (κ3) is 3.31. The first-order valence-corrected chi connectivity index (χ1v) is 5.89. The van der Waals surface area contributed by atoms with Gasteiger partial charge in [-0.25, -0.2) is 0 Å². The van der Waals surface area contributed by atoms with Crippen molar-refractivity contribution in [2.45, 2.75) is 43.4 Å². The van der Waals surface area contributed by atoms with E-state index in [4.69, 9.17) is 5.73 Å². The fraction of sp³-hybridized carbons (Fsp3) is 0.545. The van der Waals surface area contributed by atoms with Crippen LogP contribution in [0.5, 0.6) is 0 Å². The number of thioether (sulfide) groups is 1. The van der Waals surface area contributed by atoms with Crippen LogP contribution in [0.1, 0.15) is 38.9 Å². The summed E-state index contributed by atoms with van der Waals surface area (Å²) in [5.74, 6) is 0. The molecule has 2 atom stereocenters. The Labute approximate surface area is 90.3 Å². The van der Waals surface area contributed by atoms with Crippen LogP contribution in [0.2, 0.25) is 0 Å². The molecular weight excluding hydrogens is 192 g/mol. The van der Waals surface area contributed by atoms with Gasteiger partial charge >= 0.3 is 0 Å². The normalized spacial score (nSPS) is 15.1. The van der Waals surface area contributed by atoms with Gasteiger partial charge in [-0.2, -0.15) is 0 Å². The topological polar surface area (TPSA) is 38.9 Å². The van der Waals surface area contributed by atoms with Crippen molar-refractivity contribution in [3.05, 3.63) is 24.0 Å². The van der Waals surface area contributed by atoms with Crippen molar-refractivity contribution in [3.63, 3.8) is 0 Å². The van der Waals surface area contributed by atoms with Gasteiger partial charge in [0.15, 0.2) is 0 Å². The van der Waals surface area contributed by atoms with Crippen molar-refractivity contribution in [1.82, 2.24) is 4.98 Å². The zero-order valence-corrected chi connectivity index (χ0v) is 9.84. The van der Waals surface area contributed by atoms with Crippen LogP contribution in [-0.2, 0) is 0 Å². The summed E-state index contributed by atoms with van der Waals surface area (Å²) in [5.41, 5.74) is 6.68. The number of nitrogens with two attached hydrogens (primary N) is 1. The largest absolute Gasteiger partial charge is 0.323 e. The minimum atomic E-state index is 0.0256. The van der Waals surface area contributed by atoms with Crippen LogP contribution in [0, 0.1) is 0 Å². The molecule has 0 aromatic carbocycles. The fourth-order valence-corrected chi connectivity index (χ4v) is 1.94. The molecular formula is C11H18N2S. The summed E-state index contributed by atoms with van der Waals surface area (Å²) < 4.78 is 0. The molecule has 0 bridgehead atoms. The first kappa shape index (κ1) is 11.5. The highest BCUT2D eigenvalue weighted by molar-refractivity contribution is 7.99. The molecule has 0 radical (unpaired) electrons. The Kier molecular flexibility index (Phi) is 4.42. The van der Waals surface area contributed by atoms with Crippen LogP contribution in [0.15, 0.2) is 23.2 Å². The number of rotatable bonds is 4. The average molecular weight is 210 g/mol. The Morgan fingerprint density at radius 2 is 2.14 bits per heavy atom. The van der Waals surface area contributed by atoms with Gasteiger partial charge < -0.3 is 5.73 Å². The second kappa shape index (κ2) is 5.37. The number of aromatic nitrogens is 1. The number of hydrogen-bond donors (Lipinski definition) is 1. The van der Waals surface area contributed by atoms with E-state index in [1.165, 1.54) is 11.3 Å². The molecule has 2 unspecified atom stereocenters. The molecule has 1 aromatic rings. The van der Waals surface area contributed by atoms with Crippen molar-refractivity contribution < 1.29 is 0 Å². The molecule has 0 aliphatic heterocycles. The number of hydrogen-bond acceptors (Lipinski definition) is 3. The van der Waals surface area contributed by atoms with Crippen molar-refractivity contribution in [2.75, 3.05) is 0 Å². The Morgan fingerprint density at radius 3 is 2.57 bits per heavy atom. The monoisotopic (exact) mass is 210 g/mol. The lowest BCUT2D eigenvalue weighted by molar-refractivity contribution is 0.777. The Balaban J connectivity index is 2.64. The van der Waals surface area contributed by atoms with E-state index in [1.54, 1.807) is 0 Å². The summed E-state index contributed by atoms with van der Waals surface area (Å²) >= 11 is 1.86. The molecule has 2 N–H and O–H groups in total. The summed E-state index contributed by atoms with van der Waals surface area (Å²) in [6, 6.07) is 4.13. The van der Waals surface area contributed by atoms with Gasteiger partial charge in [0.05, 0.1) is 5.69 Å². The molecule has 0 saturated heterocycles. The van der Waals surface area contributed by atoms with Gasteiger partial charge in [-0.3, -0.25) is 4.98 Å². The molecule has 0 fully saturated rings. The molecule has 0 aliphatic rings. The minimum absolute atomic E-state index is 0.0256. The molecule has 0 amide bonds. The van der Waals surface area contributed by atoms with Gasteiger partial charge in [0.1, 0.15) is 0 Å². The van der Waals surface area contributed by atoms with E-state index in [2.05, 4.69) is 24.9 Å². The third-order valence-corrected chi connectivity index (χ3v) is 3.39. The predicted octanol–water partition coefficient (Wildman–Crippen LogP) is 2.99. The van der Waals surface area contributed by atoms with E-state index in [0.717, 1.165) is 5.69 Å². The molecule has 3 heteroatoms. The zero-order chi connectivity index (χ0) is 10.6. The fourth-order valence-electron chi connectivity index (χ4n) is 1.05. The van der Waals surface area contributed by atoms with E-state index in [0.29, 0.717) is 5.25 Å². The Morgan fingerprint density at radius 1 is 1.43 bits per heavy atom. The van der Waals surface area contributed by atoms with Crippen LogP contribution in [0.3, 0.4) is 0 Å². The lowest BCUT2D eigenvalue weighted by Gasteiger charge is -2.09. The maximum atomic E-state index is 5.72. The summed E-state index contributed by atoms with van der Waals surface area (Å²) in [5, 5.41) is 0.651. The van der Waals surface area contributed by atoms with Gasteiger partial charge in [-0.05, 0) is 25.5 Å². The lowest BCUT2D eigenvalue weighted by Crippen LogP contribution is -2.06. The van der Waals surface area contributed by atoms with Crippen LogP contribution < -0.4 is 5.73 Å². The third-order valence-electron chi connectivity index (χ3n) is 2.14. The Bertz CT molecular complexity index is 269. The van der Waals surface area contributed by atoms with E-state index in [-0.39, 0.29) is 6.04 Å². The summed E-state index contributed by atoms with van der Waals surface area (Å²) in [4.78, 5) is 5.55. The van der Waals surface area contributed by atoms with Crippen LogP contribution in [0.4, 0.5) is 0 Å². The maximum Gasteiger partial charge on any atom is 0.0569 e. The molecule has 0 saturated carbocycles. The van der Waals surface area contributed by atoms with Gasteiger partial charge in [0, 0.05) is 22.4 Å². The number of nitrogens with zero attached hydrogens (tertiary/aromatic N) is 1. The first-order valence-electron chi connectivity index (χ1n) is 5.01. The lowest BCUT2D eigenvalue weighted by atomic mass is 10.2. The Hall–Kier alpha value is -0.540. The van der Waals surface area contributed by atoms with Crippen LogP contribution in [0.25, 0.3) is 0 Å². The highest BCUT2D eigenvalue weighted by Crippen LogP contribution is 2.24. The molecule has 1 rings (SSSR count). The molecule has 2 nitrogen and oxygen atoms in total. The van der Waals surface area contributed by atoms with Crippen molar-refractivity contribution in [2.24, 2.45) is 5.73 Å². The standard InChI is InChI=1S/C11H18N2S/c1-4-8(2)14-10-5-6-11(9(3)12)13-7-10/h5-9H,4,12H2,1-3H3. The molecule has 1 heterocycles. The summed E-state index contributed by atoms with van der Waals surface area (Å²) in [7, 11) is 0. The van der Waals surface area contributed by atoms with Crippen molar-refractivity contribution >= 4 is 11.8 Å². The van der Waals surface area contributed by atoms with Gasteiger partial charge in [0.2, 0.25) is 0 Å². The highest BCUT2D eigenvalue weighted by Gasteiger charge is 2.04. The summed E-state index contributed by atoms with van der Waals surface area (Å²) in [6.07, 6.45) is 3.09. The smallest absolute Gasteiger partial charge is 0.0569 e. The molecule has 14 heavy (non-hydrogen) atoms. The predicted molar refractivity (Wildman–Crippen MR) is 62.4 cm³/mol. The average Bonchev–Trinajstić information content (AvgIpc) is 2.18. The van der Waals surface area contributed by atoms with E-state index >= 15 is 0 Å². The van der Waals surface area contributed by atoms with E-state index in [1.807, 2.05) is 30.9 Å². The molecule has 1 aromatic heterocycles. The SMILES string of the molecule is CCC(C)Sc1ccc(C(C)N)nc1. The van der Waals surface area contributed by atoms with Crippen LogP contribution in [-0.4, -0.2) is 10.2 Å².